The number of rotatable bonds is 3. The first-order valence-electron chi connectivity index (χ1n) is 9.46. The van der Waals surface area contributed by atoms with Gasteiger partial charge in [-0.1, -0.05) is 6.07 Å². The molecule has 0 spiro atoms. The van der Waals surface area contributed by atoms with Gasteiger partial charge in [-0.25, -0.2) is 23.2 Å². The second kappa shape index (κ2) is 7.28. The molecule has 3 aromatic rings. The number of carbonyl (C=O) groups excluding carboxylic acids is 1. The number of ether oxygens (including phenoxy) is 1. The number of imidazole rings is 1. The monoisotopic (exact) mass is 429 g/mol. The van der Waals surface area contributed by atoms with E-state index in [1.165, 1.54) is 13.4 Å². The molecule has 2 N–H and O–H groups in total. The van der Waals surface area contributed by atoms with Crippen LogP contribution in [0.1, 0.15) is 23.6 Å². The third kappa shape index (κ3) is 3.47. The first-order valence-corrected chi connectivity index (χ1v) is 11.4. The van der Waals surface area contributed by atoms with Gasteiger partial charge in [0.2, 0.25) is 0 Å². The van der Waals surface area contributed by atoms with Crippen molar-refractivity contribution in [1.82, 2.24) is 19.3 Å². The minimum Gasteiger partial charge on any atom is -0.453 e. The topological polar surface area (TPSA) is 120 Å². The number of aromatic nitrogens is 3. The highest BCUT2D eigenvalue weighted by Gasteiger charge is 2.29. The Morgan fingerprint density at radius 1 is 1.33 bits per heavy atom. The van der Waals surface area contributed by atoms with E-state index in [1.54, 1.807) is 29.3 Å². The summed E-state index contributed by atoms with van der Waals surface area (Å²) in [6, 6.07) is 5.03. The maximum Gasteiger partial charge on any atom is 0.409 e. The fraction of sp³-hybridized carbons (Fsp3) is 0.350. The Labute approximate surface area is 174 Å². The van der Waals surface area contributed by atoms with Gasteiger partial charge in [-0.15, -0.1) is 0 Å². The van der Waals surface area contributed by atoms with Gasteiger partial charge in [0.05, 0.1) is 29.6 Å². The summed E-state index contributed by atoms with van der Waals surface area (Å²) in [5.41, 5.74) is 9.83. The molecule has 10 heteroatoms. The highest BCUT2D eigenvalue weighted by atomic mass is 32.2. The van der Waals surface area contributed by atoms with Crippen molar-refractivity contribution in [3.8, 4) is 11.3 Å². The van der Waals surface area contributed by atoms with E-state index in [-0.39, 0.29) is 22.7 Å². The maximum atomic E-state index is 12.0. The molecule has 1 amide bonds. The maximum absolute atomic E-state index is 12.0. The SMILES string of the molecule is COC(=O)N1CCC(c2cn3c(-c4cc(S(C)(=O)=O)ccc4C)cnc3c(N)n2)C1. The number of hydrogen-bond donors (Lipinski definition) is 1. The molecule has 1 unspecified atom stereocenters. The molecule has 158 valence electrons. The molecule has 0 saturated carbocycles. The van der Waals surface area contributed by atoms with Crippen LogP contribution in [-0.4, -0.2) is 60.2 Å². The highest BCUT2D eigenvalue weighted by Crippen LogP contribution is 2.31. The number of anilines is 1. The fourth-order valence-corrected chi connectivity index (χ4v) is 4.48. The Kier molecular flexibility index (Phi) is 4.89. The molecule has 3 heterocycles. The Balaban J connectivity index is 1.80. The van der Waals surface area contributed by atoms with Crippen LogP contribution in [0.3, 0.4) is 0 Å². The number of hydrogen-bond acceptors (Lipinski definition) is 7. The van der Waals surface area contributed by atoms with Crippen LogP contribution >= 0.6 is 0 Å². The number of fused-ring (bicyclic) bond motifs is 1. The van der Waals surface area contributed by atoms with Gasteiger partial charge in [0, 0.05) is 37.0 Å². The molecule has 0 radical (unpaired) electrons. The van der Waals surface area contributed by atoms with Gasteiger partial charge in [-0.2, -0.15) is 0 Å². The van der Waals surface area contributed by atoms with Gasteiger partial charge >= 0.3 is 6.09 Å². The number of nitrogens with zero attached hydrogens (tertiary/aromatic N) is 4. The van der Waals surface area contributed by atoms with Gasteiger partial charge in [0.15, 0.2) is 21.3 Å². The summed E-state index contributed by atoms with van der Waals surface area (Å²) in [6.07, 6.45) is 5.11. The first-order chi connectivity index (χ1) is 14.2. The standard InChI is InChI=1S/C20H23N5O4S/c1-12-4-5-14(30(3,27)28)8-15(12)17-9-22-19-18(21)23-16(11-25(17)19)13-6-7-24(10-13)20(26)29-2/h4-5,8-9,11,13H,6-7,10H2,1-3H3,(H2,21,23). The fourth-order valence-electron chi connectivity index (χ4n) is 3.83. The van der Waals surface area contributed by atoms with Crippen molar-refractivity contribution >= 4 is 27.4 Å². The van der Waals surface area contributed by atoms with E-state index in [2.05, 4.69) is 9.97 Å². The number of aryl methyl sites for hydroxylation is 1. The van der Waals surface area contributed by atoms with Gasteiger partial charge < -0.3 is 15.4 Å². The highest BCUT2D eigenvalue weighted by molar-refractivity contribution is 7.90. The van der Waals surface area contributed by atoms with Crippen molar-refractivity contribution in [2.75, 3.05) is 32.2 Å². The molecule has 1 fully saturated rings. The average Bonchev–Trinajstić information content (AvgIpc) is 3.34. The van der Waals surface area contributed by atoms with Crippen LogP contribution in [0.4, 0.5) is 10.6 Å². The van der Waals surface area contributed by atoms with Crippen molar-refractivity contribution in [1.29, 1.82) is 0 Å². The van der Waals surface area contributed by atoms with E-state index < -0.39 is 9.84 Å². The van der Waals surface area contributed by atoms with E-state index in [9.17, 15) is 13.2 Å². The summed E-state index contributed by atoms with van der Waals surface area (Å²) in [5.74, 6) is 0.307. The molecule has 0 aliphatic carbocycles. The molecule has 0 bridgehead atoms. The zero-order chi connectivity index (χ0) is 21.6. The average molecular weight is 430 g/mol. The summed E-state index contributed by atoms with van der Waals surface area (Å²) >= 11 is 0. The van der Waals surface area contributed by atoms with E-state index in [1.807, 2.05) is 17.5 Å². The van der Waals surface area contributed by atoms with Crippen LogP contribution in [0.2, 0.25) is 0 Å². The molecule has 1 aromatic carbocycles. The molecule has 1 aliphatic rings. The van der Waals surface area contributed by atoms with Crippen molar-refractivity contribution < 1.29 is 17.9 Å². The normalized spacial score (nSPS) is 16.9. The molecule has 9 nitrogen and oxygen atoms in total. The third-order valence-electron chi connectivity index (χ3n) is 5.49. The number of likely N-dealkylation sites (tertiary alicyclic amines) is 1. The van der Waals surface area contributed by atoms with Crippen LogP contribution in [0.25, 0.3) is 16.9 Å². The van der Waals surface area contributed by atoms with Crippen LogP contribution < -0.4 is 5.73 Å². The van der Waals surface area contributed by atoms with Crippen molar-refractivity contribution in [2.45, 2.75) is 24.2 Å². The van der Waals surface area contributed by atoms with Gasteiger partial charge in [0.25, 0.3) is 0 Å². The van der Waals surface area contributed by atoms with Crippen LogP contribution in [0.15, 0.2) is 35.5 Å². The molecule has 2 aromatic heterocycles. The number of methoxy groups -OCH3 is 1. The zero-order valence-corrected chi connectivity index (χ0v) is 17.8. The lowest BCUT2D eigenvalue weighted by Gasteiger charge is -2.15. The van der Waals surface area contributed by atoms with Crippen molar-refractivity contribution in [3.05, 3.63) is 41.9 Å². The Hall–Kier alpha value is -3.14. The number of amides is 1. The summed E-state index contributed by atoms with van der Waals surface area (Å²) < 4.78 is 30.7. The second-order valence-electron chi connectivity index (χ2n) is 7.54. The molecular weight excluding hydrogens is 406 g/mol. The lowest BCUT2D eigenvalue weighted by molar-refractivity contribution is 0.132. The smallest absolute Gasteiger partial charge is 0.409 e. The molecular formula is C20H23N5O4S. The van der Waals surface area contributed by atoms with Crippen LogP contribution in [0.5, 0.6) is 0 Å². The molecule has 1 aliphatic heterocycles. The predicted octanol–water partition coefficient (Wildman–Crippen LogP) is 2.25. The summed E-state index contributed by atoms with van der Waals surface area (Å²) in [6.45, 7) is 3.00. The lowest BCUT2D eigenvalue weighted by atomic mass is 10.0. The zero-order valence-electron chi connectivity index (χ0n) is 17.0. The van der Waals surface area contributed by atoms with E-state index in [0.29, 0.717) is 18.7 Å². The van der Waals surface area contributed by atoms with E-state index in [0.717, 1.165) is 28.9 Å². The summed E-state index contributed by atoms with van der Waals surface area (Å²) in [7, 11) is -1.98. The Bertz CT molecular complexity index is 1250. The predicted molar refractivity (Wildman–Crippen MR) is 112 cm³/mol. The van der Waals surface area contributed by atoms with E-state index >= 15 is 0 Å². The molecule has 4 rings (SSSR count). The Morgan fingerprint density at radius 2 is 2.10 bits per heavy atom. The summed E-state index contributed by atoms with van der Waals surface area (Å²) in [4.78, 5) is 22.6. The number of sulfone groups is 1. The first kappa shape index (κ1) is 20.1. The number of carbonyl (C=O) groups is 1. The number of benzene rings is 1. The third-order valence-corrected chi connectivity index (χ3v) is 6.60. The minimum absolute atomic E-state index is 0.0227. The number of nitrogens with two attached hydrogens (primary N) is 1. The minimum atomic E-state index is -3.35. The van der Waals surface area contributed by atoms with Crippen LogP contribution in [-0.2, 0) is 14.6 Å². The van der Waals surface area contributed by atoms with Crippen LogP contribution in [0, 0.1) is 6.92 Å². The molecule has 30 heavy (non-hydrogen) atoms. The largest absolute Gasteiger partial charge is 0.453 e. The van der Waals surface area contributed by atoms with Gasteiger partial charge in [-0.3, -0.25) is 4.40 Å². The van der Waals surface area contributed by atoms with Gasteiger partial charge in [0.1, 0.15) is 0 Å². The second-order valence-corrected chi connectivity index (χ2v) is 9.55. The molecule has 1 saturated heterocycles. The van der Waals surface area contributed by atoms with E-state index in [4.69, 9.17) is 10.5 Å². The molecule has 1 atom stereocenters. The van der Waals surface area contributed by atoms with Crippen molar-refractivity contribution in [3.63, 3.8) is 0 Å². The Morgan fingerprint density at radius 3 is 2.80 bits per heavy atom. The summed E-state index contributed by atoms with van der Waals surface area (Å²) in [5, 5.41) is 0. The van der Waals surface area contributed by atoms with Crippen molar-refractivity contribution in [2.24, 2.45) is 0 Å². The quantitative estimate of drug-likeness (QED) is 0.678. The lowest BCUT2D eigenvalue weighted by Crippen LogP contribution is -2.28. The number of nitrogen functional groups attached to an aromatic ring is 1. The van der Waals surface area contributed by atoms with Gasteiger partial charge in [-0.05, 0) is 31.0 Å².